The highest BCUT2D eigenvalue weighted by Crippen LogP contribution is 2.21. The number of rotatable bonds is 5. The molecular weight excluding hydrogens is 228 g/mol. The molecule has 102 valence electrons. The van der Waals surface area contributed by atoms with Crippen LogP contribution in [0.5, 0.6) is 5.75 Å². The molecule has 1 N–H and O–H groups in total. The van der Waals surface area contributed by atoms with Gasteiger partial charge in [0.2, 0.25) is 5.43 Å². The summed E-state index contributed by atoms with van der Waals surface area (Å²) < 4.78 is 2.04. The smallest absolute Gasteiger partial charge is 0.223 e. The number of aromatic nitrogens is 1. The minimum atomic E-state index is -0.286. The van der Waals surface area contributed by atoms with Gasteiger partial charge in [-0.1, -0.05) is 13.8 Å². The van der Waals surface area contributed by atoms with E-state index in [1.807, 2.05) is 11.5 Å². The quantitative estimate of drug-likeness (QED) is 0.874. The van der Waals surface area contributed by atoms with E-state index in [0.717, 1.165) is 24.5 Å². The molecule has 0 radical (unpaired) electrons. The summed E-state index contributed by atoms with van der Waals surface area (Å²) in [5.74, 6) is -0.110. The van der Waals surface area contributed by atoms with E-state index in [0.29, 0.717) is 6.54 Å². The van der Waals surface area contributed by atoms with Crippen LogP contribution >= 0.6 is 0 Å². The summed E-state index contributed by atoms with van der Waals surface area (Å²) in [4.78, 5) is 13.9. The average molecular weight is 252 g/mol. The number of aromatic hydroxyl groups is 1. The Labute approximate surface area is 109 Å². The standard InChI is InChI=1S/C14H24N2O2/c1-6-15(7-2)9-12-14(18)13(17)8-11(5)16(12)10(3)4/h8,10,18H,6-7,9H2,1-5H3. The van der Waals surface area contributed by atoms with Crippen molar-refractivity contribution in [1.29, 1.82) is 0 Å². The maximum Gasteiger partial charge on any atom is 0.223 e. The highest BCUT2D eigenvalue weighted by atomic mass is 16.3. The van der Waals surface area contributed by atoms with Gasteiger partial charge >= 0.3 is 0 Å². The van der Waals surface area contributed by atoms with Crippen LogP contribution in [0.4, 0.5) is 0 Å². The van der Waals surface area contributed by atoms with Crippen LogP contribution in [0, 0.1) is 6.92 Å². The van der Waals surface area contributed by atoms with E-state index in [1.165, 1.54) is 6.07 Å². The van der Waals surface area contributed by atoms with Crippen molar-refractivity contribution in [2.45, 2.75) is 47.2 Å². The topological polar surface area (TPSA) is 45.5 Å². The second-order valence-corrected chi connectivity index (χ2v) is 4.87. The Morgan fingerprint density at radius 3 is 2.33 bits per heavy atom. The van der Waals surface area contributed by atoms with E-state index < -0.39 is 0 Å². The van der Waals surface area contributed by atoms with Gasteiger partial charge in [-0.05, 0) is 33.9 Å². The molecule has 1 heterocycles. The molecular formula is C14H24N2O2. The van der Waals surface area contributed by atoms with Crippen LogP contribution in [0.1, 0.15) is 45.1 Å². The van der Waals surface area contributed by atoms with Crippen molar-refractivity contribution < 1.29 is 5.11 Å². The van der Waals surface area contributed by atoms with Crippen molar-refractivity contribution in [2.75, 3.05) is 13.1 Å². The maximum absolute atomic E-state index is 11.7. The Balaban J connectivity index is 3.34. The molecule has 0 aliphatic rings. The summed E-state index contributed by atoms with van der Waals surface area (Å²) in [6.07, 6.45) is 0. The van der Waals surface area contributed by atoms with Crippen LogP contribution in [0.15, 0.2) is 10.9 Å². The second kappa shape index (κ2) is 6.05. The van der Waals surface area contributed by atoms with Gasteiger partial charge in [-0.3, -0.25) is 9.69 Å². The van der Waals surface area contributed by atoms with E-state index in [9.17, 15) is 9.90 Å². The Bertz CT molecular complexity index is 460. The number of nitrogens with zero attached hydrogens (tertiary/aromatic N) is 2. The molecule has 1 aromatic heterocycles. The summed E-state index contributed by atoms with van der Waals surface area (Å²) >= 11 is 0. The van der Waals surface area contributed by atoms with Crippen LogP contribution in [-0.2, 0) is 6.54 Å². The first-order chi connectivity index (χ1) is 8.42. The molecule has 0 aliphatic carbocycles. The van der Waals surface area contributed by atoms with Crippen molar-refractivity contribution in [3.63, 3.8) is 0 Å². The molecule has 0 saturated carbocycles. The number of hydrogen-bond donors (Lipinski definition) is 1. The van der Waals surface area contributed by atoms with E-state index in [1.54, 1.807) is 0 Å². The molecule has 0 spiro atoms. The first kappa shape index (κ1) is 14.8. The van der Waals surface area contributed by atoms with E-state index >= 15 is 0 Å². The molecule has 0 amide bonds. The minimum Gasteiger partial charge on any atom is -0.503 e. The van der Waals surface area contributed by atoms with Crippen LogP contribution in [-0.4, -0.2) is 27.7 Å². The fraction of sp³-hybridized carbons (Fsp3) is 0.643. The van der Waals surface area contributed by atoms with E-state index in [-0.39, 0.29) is 17.2 Å². The normalized spacial score (nSPS) is 11.5. The van der Waals surface area contributed by atoms with Crippen molar-refractivity contribution in [3.8, 4) is 5.75 Å². The van der Waals surface area contributed by atoms with Crippen LogP contribution in [0.2, 0.25) is 0 Å². The molecule has 4 heteroatoms. The Morgan fingerprint density at radius 2 is 1.89 bits per heavy atom. The van der Waals surface area contributed by atoms with Gasteiger partial charge in [0.1, 0.15) is 0 Å². The summed E-state index contributed by atoms with van der Waals surface area (Å²) in [5.41, 5.74) is 1.33. The lowest BCUT2D eigenvalue weighted by molar-refractivity contribution is 0.276. The summed E-state index contributed by atoms with van der Waals surface area (Å²) in [6.45, 7) is 12.6. The second-order valence-electron chi connectivity index (χ2n) is 4.87. The molecule has 18 heavy (non-hydrogen) atoms. The molecule has 0 bridgehead atoms. The third kappa shape index (κ3) is 2.93. The first-order valence-corrected chi connectivity index (χ1v) is 6.58. The largest absolute Gasteiger partial charge is 0.503 e. The predicted octanol–water partition coefficient (Wildman–Crippen LogP) is 2.29. The Kier molecular flexibility index (Phi) is 4.96. The van der Waals surface area contributed by atoms with Crippen molar-refractivity contribution in [1.82, 2.24) is 9.47 Å². The molecule has 0 aliphatic heterocycles. The van der Waals surface area contributed by atoms with Gasteiger partial charge in [0.25, 0.3) is 0 Å². The molecule has 1 rings (SSSR count). The Morgan fingerprint density at radius 1 is 1.33 bits per heavy atom. The number of hydrogen-bond acceptors (Lipinski definition) is 3. The highest BCUT2D eigenvalue weighted by molar-refractivity contribution is 5.30. The maximum atomic E-state index is 11.7. The third-order valence-corrected chi connectivity index (χ3v) is 3.30. The van der Waals surface area contributed by atoms with Gasteiger partial charge in [-0.2, -0.15) is 0 Å². The Hall–Kier alpha value is -1.29. The molecule has 0 atom stereocenters. The van der Waals surface area contributed by atoms with Gasteiger partial charge in [-0.15, -0.1) is 0 Å². The van der Waals surface area contributed by atoms with E-state index in [2.05, 4.69) is 32.6 Å². The van der Waals surface area contributed by atoms with E-state index in [4.69, 9.17) is 0 Å². The fourth-order valence-corrected chi connectivity index (χ4v) is 2.33. The molecule has 0 unspecified atom stereocenters. The molecule has 0 aromatic carbocycles. The van der Waals surface area contributed by atoms with Crippen LogP contribution in [0.25, 0.3) is 0 Å². The lowest BCUT2D eigenvalue weighted by atomic mass is 10.2. The van der Waals surface area contributed by atoms with Gasteiger partial charge in [-0.25, -0.2) is 0 Å². The molecule has 0 saturated heterocycles. The summed E-state index contributed by atoms with van der Waals surface area (Å²) in [7, 11) is 0. The van der Waals surface area contributed by atoms with Crippen molar-refractivity contribution in [2.24, 2.45) is 0 Å². The average Bonchev–Trinajstić information content (AvgIpc) is 2.31. The lowest BCUT2D eigenvalue weighted by Gasteiger charge is -2.25. The molecule has 0 fully saturated rings. The van der Waals surface area contributed by atoms with Gasteiger partial charge in [0, 0.05) is 24.3 Å². The predicted molar refractivity (Wildman–Crippen MR) is 74.1 cm³/mol. The van der Waals surface area contributed by atoms with Gasteiger partial charge in [0.15, 0.2) is 5.75 Å². The zero-order valence-electron chi connectivity index (χ0n) is 12.0. The molecule has 1 aromatic rings. The summed E-state index contributed by atoms with van der Waals surface area (Å²) in [6, 6.07) is 1.73. The van der Waals surface area contributed by atoms with Crippen molar-refractivity contribution >= 4 is 0 Å². The fourth-order valence-electron chi connectivity index (χ4n) is 2.33. The highest BCUT2D eigenvalue weighted by Gasteiger charge is 2.16. The summed E-state index contributed by atoms with van der Waals surface area (Å²) in [5, 5.41) is 10.0. The van der Waals surface area contributed by atoms with Crippen LogP contribution < -0.4 is 5.43 Å². The van der Waals surface area contributed by atoms with Crippen LogP contribution in [0.3, 0.4) is 0 Å². The first-order valence-electron chi connectivity index (χ1n) is 6.58. The zero-order valence-corrected chi connectivity index (χ0v) is 12.0. The number of pyridine rings is 1. The third-order valence-electron chi connectivity index (χ3n) is 3.30. The monoisotopic (exact) mass is 252 g/mol. The van der Waals surface area contributed by atoms with Gasteiger partial charge in [0.05, 0.1) is 5.69 Å². The van der Waals surface area contributed by atoms with Gasteiger partial charge < -0.3 is 9.67 Å². The molecule has 4 nitrogen and oxygen atoms in total. The SMILES string of the molecule is CCN(CC)Cc1c(O)c(=O)cc(C)n1C(C)C. The number of aryl methyl sites for hydroxylation is 1. The minimum absolute atomic E-state index is 0.110. The zero-order chi connectivity index (χ0) is 13.9. The van der Waals surface area contributed by atoms with Crippen molar-refractivity contribution in [3.05, 3.63) is 27.7 Å². The lowest BCUT2D eigenvalue weighted by Crippen LogP contribution is -2.27.